The van der Waals surface area contributed by atoms with Gasteiger partial charge in [-0.3, -0.25) is 0 Å². The monoisotopic (exact) mass is 444 g/mol. The highest BCUT2D eigenvalue weighted by Crippen LogP contribution is 2.40. The van der Waals surface area contributed by atoms with Crippen molar-refractivity contribution in [2.45, 2.75) is 27.2 Å². The highest BCUT2D eigenvalue weighted by Gasteiger charge is 2.20. The third-order valence-electron chi connectivity index (χ3n) is 6.24. The Morgan fingerprint density at radius 2 is 1.29 bits per heavy atom. The Labute approximate surface area is 197 Å². The molecule has 34 heavy (non-hydrogen) atoms. The molecule has 0 aliphatic heterocycles. The summed E-state index contributed by atoms with van der Waals surface area (Å²) in [5, 5.41) is 3.35. The summed E-state index contributed by atoms with van der Waals surface area (Å²) in [6.07, 6.45) is 7.11. The van der Waals surface area contributed by atoms with Crippen molar-refractivity contribution in [3.63, 3.8) is 0 Å². The van der Waals surface area contributed by atoms with Crippen molar-refractivity contribution in [1.82, 2.24) is 19.9 Å². The number of aromatic nitrogens is 4. The van der Waals surface area contributed by atoms with Crippen LogP contribution in [0.15, 0.2) is 65.2 Å². The SMILES string of the molecule is CNc1c(N=C2C=CC(C)=CC2)c2nc3cc(C)ccc3nc2c2nc3ccc(C)cc3nc12. The Balaban J connectivity index is 1.79. The zero-order valence-electron chi connectivity index (χ0n) is 19.6. The van der Waals surface area contributed by atoms with Gasteiger partial charge >= 0.3 is 0 Å². The highest BCUT2D eigenvalue weighted by molar-refractivity contribution is 6.17. The minimum Gasteiger partial charge on any atom is -0.384 e. The molecule has 0 saturated carbocycles. The Morgan fingerprint density at radius 3 is 1.88 bits per heavy atom. The largest absolute Gasteiger partial charge is 0.384 e. The second kappa shape index (κ2) is 7.70. The van der Waals surface area contributed by atoms with Crippen molar-refractivity contribution in [1.29, 1.82) is 0 Å². The van der Waals surface area contributed by atoms with Crippen LogP contribution in [0.4, 0.5) is 11.4 Å². The quantitative estimate of drug-likeness (QED) is 0.248. The van der Waals surface area contributed by atoms with Gasteiger partial charge in [0, 0.05) is 19.2 Å². The minimum absolute atomic E-state index is 0.714. The smallest absolute Gasteiger partial charge is 0.120 e. The van der Waals surface area contributed by atoms with Crippen LogP contribution in [0.3, 0.4) is 0 Å². The first-order chi connectivity index (χ1) is 16.5. The average Bonchev–Trinajstić information content (AvgIpc) is 2.83. The number of rotatable bonds is 2. The van der Waals surface area contributed by atoms with E-state index in [0.717, 1.165) is 73.3 Å². The van der Waals surface area contributed by atoms with Gasteiger partial charge in [-0.2, -0.15) is 0 Å². The van der Waals surface area contributed by atoms with Crippen molar-refractivity contribution in [2.75, 3.05) is 12.4 Å². The zero-order chi connectivity index (χ0) is 23.4. The number of nitrogens with one attached hydrogen (secondary N) is 1. The van der Waals surface area contributed by atoms with E-state index in [0.29, 0.717) is 5.52 Å². The van der Waals surface area contributed by atoms with Gasteiger partial charge in [0.2, 0.25) is 0 Å². The molecule has 1 N–H and O–H groups in total. The average molecular weight is 445 g/mol. The molecule has 1 aliphatic rings. The van der Waals surface area contributed by atoms with E-state index in [4.69, 9.17) is 24.9 Å². The second-order valence-electron chi connectivity index (χ2n) is 8.89. The summed E-state index contributed by atoms with van der Waals surface area (Å²) in [6, 6.07) is 12.2. The van der Waals surface area contributed by atoms with Crippen LogP contribution in [-0.4, -0.2) is 32.7 Å². The van der Waals surface area contributed by atoms with Crippen LogP contribution in [-0.2, 0) is 0 Å². The molecule has 0 unspecified atom stereocenters. The van der Waals surface area contributed by atoms with Gasteiger partial charge in [-0.25, -0.2) is 24.9 Å². The van der Waals surface area contributed by atoms with Crippen molar-refractivity contribution >= 4 is 61.2 Å². The lowest BCUT2D eigenvalue weighted by Crippen LogP contribution is -2.02. The molecule has 6 heteroatoms. The number of fused-ring (bicyclic) bond motifs is 5. The minimum atomic E-state index is 0.714. The number of allylic oxidation sites excluding steroid dienone is 4. The summed E-state index contributed by atoms with van der Waals surface area (Å²) in [5.74, 6) is 0. The predicted molar refractivity (Wildman–Crippen MR) is 141 cm³/mol. The first kappa shape index (κ1) is 20.4. The van der Waals surface area contributed by atoms with Gasteiger partial charge in [0.15, 0.2) is 0 Å². The Bertz CT molecular complexity index is 1740. The zero-order valence-corrected chi connectivity index (χ0v) is 19.6. The molecular weight excluding hydrogens is 420 g/mol. The van der Waals surface area contributed by atoms with E-state index in [2.05, 4.69) is 68.6 Å². The van der Waals surface area contributed by atoms with Crippen LogP contribution in [0, 0.1) is 13.8 Å². The van der Waals surface area contributed by atoms with E-state index >= 15 is 0 Å². The molecule has 3 aromatic carbocycles. The number of hydrogen-bond acceptors (Lipinski definition) is 6. The molecule has 1 aliphatic carbocycles. The number of nitrogens with zero attached hydrogens (tertiary/aromatic N) is 5. The van der Waals surface area contributed by atoms with Crippen molar-refractivity contribution in [3.05, 3.63) is 71.3 Å². The van der Waals surface area contributed by atoms with Crippen LogP contribution in [0.1, 0.15) is 24.5 Å². The molecular formula is C28H24N6. The first-order valence-electron chi connectivity index (χ1n) is 11.4. The summed E-state index contributed by atoms with van der Waals surface area (Å²) in [4.78, 5) is 25.2. The topological polar surface area (TPSA) is 76.0 Å². The molecule has 6 rings (SSSR count). The lowest BCUT2D eigenvalue weighted by Gasteiger charge is -2.15. The summed E-state index contributed by atoms with van der Waals surface area (Å²) < 4.78 is 0. The number of anilines is 1. The lowest BCUT2D eigenvalue weighted by atomic mass is 10.1. The number of benzene rings is 3. The highest BCUT2D eigenvalue weighted by atomic mass is 15.0. The fraction of sp³-hybridized carbons (Fsp3) is 0.179. The summed E-state index contributed by atoms with van der Waals surface area (Å²) in [7, 11) is 1.89. The van der Waals surface area contributed by atoms with E-state index in [9.17, 15) is 0 Å². The van der Waals surface area contributed by atoms with E-state index in [1.54, 1.807) is 0 Å². The number of hydrogen-bond donors (Lipinski definition) is 1. The van der Waals surface area contributed by atoms with Gasteiger partial charge in [0.1, 0.15) is 27.8 Å². The van der Waals surface area contributed by atoms with Crippen LogP contribution >= 0.6 is 0 Å². The molecule has 6 nitrogen and oxygen atoms in total. The van der Waals surface area contributed by atoms with Crippen LogP contribution in [0.5, 0.6) is 0 Å². The van der Waals surface area contributed by atoms with Crippen LogP contribution < -0.4 is 5.32 Å². The molecule has 2 heterocycles. The molecule has 0 fully saturated rings. The van der Waals surface area contributed by atoms with Crippen LogP contribution in [0.25, 0.3) is 44.1 Å². The third-order valence-corrected chi connectivity index (χ3v) is 6.24. The number of aliphatic imine (C=N–C) groups is 1. The maximum atomic E-state index is 5.08. The van der Waals surface area contributed by atoms with E-state index in [1.807, 2.05) is 19.2 Å². The summed E-state index contributed by atoms with van der Waals surface area (Å²) in [6.45, 7) is 6.22. The summed E-state index contributed by atoms with van der Waals surface area (Å²) >= 11 is 0. The summed E-state index contributed by atoms with van der Waals surface area (Å²) in [5.41, 5.74) is 12.3. The first-order valence-corrected chi connectivity index (χ1v) is 11.4. The van der Waals surface area contributed by atoms with Gasteiger partial charge in [0.25, 0.3) is 0 Å². The predicted octanol–water partition coefficient (Wildman–Crippen LogP) is 6.52. The molecule has 166 valence electrons. The van der Waals surface area contributed by atoms with Gasteiger partial charge in [-0.1, -0.05) is 29.9 Å². The molecule has 0 bridgehead atoms. The fourth-order valence-corrected chi connectivity index (χ4v) is 4.43. The Hall–Kier alpha value is -4.19. The van der Waals surface area contributed by atoms with E-state index in [1.165, 1.54) is 5.57 Å². The number of aryl methyl sites for hydroxylation is 2. The molecule has 0 atom stereocenters. The van der Waals surface area contributed by atoms with Gasteiger partial charge in [-0.15, -0.1) is 0 Å². The third kappa shape index (κ3) is 3.30. The van der Waals surface area contributed by atoms with Crippen molar-refractivity contribution in [3.8, 4) is 0 Å². The molecule has 0 amide bonds. The van der Waals surface area contributed by atoms with E-state index < -0.39 is 0 Å². The van der Waals surface area contributed by atoms with Crippen molar-refractivity contribution in [2.24, 2.45) is 4.99 Å². The Morgan fingerprint density at radius 1 is 0.706 bits per heavy atom. The lowest BCUT2D eigenvalue weighted by molar-refractivity contribution is 1.31. The standard InChI is InChI=1S/C28H24N6/c1-15-5-9-18(10-6-15)30-24-23(29-4)25-27(31-19-11-7-16(2)13-21(19)33-25)28-26(24)34-22-14-17(3)8-12-20(22)32-28/h5-9,11-14,29H,10H2,1-4H3. The maximum Gasteiger partial charge on any atom is 0.120 e. The molecule has 2 aromatic heterocycles. The maximum absolute atomic E-state index is 5.08. The molecule has 5 aromatic rings. The normalized spacial score (nSPS) is 15.1. The van der Waals surface area contributed by atoms with Crippen molar-refractivity contribution < 1.29 is 0 Å². The van der Waals surface area contributed by atoms with Gasteiger partial charge < -0.3 is 5.32 Å². The fourth-order valence-electron chi connectivity index (χ4n) is 4.43. The molecule has 0 spiro atoms. The van der Waals surface area contributed by atoms with Gasteiger partial charge in [0.05, 0.1) is 27.8 Å². The van der Waals surface area contributed by atoms with Gasteiger partial charge in [-0.05, 0) is 62.2 Å². The second-order valence-corrected chi connectivity index (χ2v) is 8.89. The molecule has 0 saturated heterocycles. The molecule has 0 radical (unpaired) electrons. The van der Waals surface area contributed by atoms with Crippen LogP contribution in [0.2, 0.25) is 0 Å². The van der Waals surface area contributed by atoms with E-state index in [-0.39, 0.29) is 0 Å². The Kier molecular flexibility index (Phi) is 4.62.